The second-order valence-electron chi connectivity index (χ2n) is 6.03. The first-order valence-electron chi connectivity index (χ1n) is 7.28. The summed E-state index contributed by atoms with van der Waals surface area (Å²) in [5, 5.41) is 3.45. The van der Waals surface area contributed by atoms with E-state index in [0.717, 1.165) is 29.9 Å². The number of aromatic nitrogens is 2. The highest BCUT2D eigenvalue weighted by molar-refractivity contribution is 5.36. The number of hydrogen-bond acceptors (Lipinski definition) is 4. The largest absolute Gasteiger partial charge is 0.368 e. The maximum absolute atomic E-state index is 4.58. The molecule has 4 nitrogen and oxygen atoms in total. The highest BCUT2D eigenvalue weighted by atomic mass is 15.2. The van der Waals surface area contributed by atoms with Crippen molar-refractivity contribution in [3.63, 3.8) is 0 Å². The number of nitrogens with one attached hydrogen (secondary N) is 1. The first-order chi connectivity index (χ1) is 8.97. The number of aryl methyl sites for hydroxylation is 1. The number of likely N-dealkylation sites (N-methyl/N-ethyl adjacent to an activating group) is 1. The van der Waals surface area contributed by atoms with E-state index in [0.29, 0.717) is 12.0 Å². The third-order valence-electron chi connectivity index (χ3n) is 3.78. The first kappa shape index (κ1) is 14.3. The van der Waals surface area contributed by atoms with Crippen LogP contribution in [-0.2, 0) is 0 Å². The Balaban J connectivity index is 1.94. The fraction of sp³-hybridized carbons (Fsp3) is 0.733. The summed E-state index contributed by atoms with van der Waals surface area (Å²) in [6.07, 6.45) is 2.70. The van der Waals surface area contributed by atoms with Gasteiger partial charge in [0.25, 0.3) is 0 Å². The minimum absolute atomic E-state index is 0.368. The van der Waals surface area contributed by atoms with Crippen molar-refractivity contribution in [2.75, 3.05) is 18.9 Å². The molecule has 1 fully saturated rings. The van der Waals surface area contributed by atoms with Crippen molar-refractivity contribution >= 4 is 5.82 Å². The average molecular weight is 262 g/mol. The standard InChI is InChI=1S/C15H26N4/c1-10(2)15-17-11(3)8-14(18-15)16-9-12(4)19(5)13-6-7-13/h8,10,12-13H,6-7,9H2,1-5H3,(H,16,17,18). The Morgan fingerprint density at radius 3 is 2.58 bits per heavy atom. The van der Waals surface area contributed by atoms with Crippen molar-refractivity contribution < 1.29 is 0 Å². The Labute approximate surface area is 116 Å². The van der Waals surface area contributed by atoms with Crippen molar-refractivity contribution in [1.82, 2.24) is 14.9 Å². The van der Waals surface area contributed by atoms with Gasteiger partial charge in [-0.3, -0.25) is 4.90 Å². The van der Waals surface area contributed by atoms with E-state index in [1.807, 2.05) is 13.0 Å². The van der Waals surface area contributed by atoms with Gasteiger partial charge in [-0.05, 0) is 33.7 Å². The highest BCUT2D eigenvalue weighted by Gasteiger charge is 2.28. The van der Waals surface area contributed by atoms with Gasteiger partial charge < -0.3 is 5.32 Å². The summed E-state index contributed by atoms with van der Waals surface area (Å²) >= 11 is 0. The van der Waals surface area contributed by atoms with Gasteiger partial charge in [-0.25, -0.2) is 9.97 Å². The second kappa shape index (κ2) is 5.87. The summed E-state index contributed by atoms with van der Waals surface area (Å²) in [6, 6.07) is 3.36. The Morgan fingerprint density at radius 2 is 2.00 bits per heavy atom. The van der Waals surface area contributed by atoms with Crippen LogP contribution in [0.3, 0.4) is 0 Å². The van der Waals surface area contributed by atoms with Crippen LogP contribution in [0.2, 0.25) is 0 Å². The van der Waals surface area contributed by atoms with Gasteiger partial charge in [-0.1, -0.05) is 13.8 Å². The molecule has 106 valence electrons. The maximum atomic E-state index is 4.58. The molecule has 1 saturated carbocycles. The van der Waals surface area contributed by atoms with E-state index in [2.05, 4.69) is 48.0 Å². The molecule has 0 spiro atoms. The molecule has 0 amide bonds. The molecule has 1 aromatic heterocycles. The first-order valence-corrected chi connectivity index (χ1v) is 7.28. The normalized spacial score (nSPS) is 17.0. The zero-order valence-electron chi connectivity index (χ0n) is 12.8. The number of hydrogen-bond donors (Lipinski definition) is 1. The molecule has 0 bridgehead atoms. The molecular weight excluding hydrogens is 236 g/mol. The van der Waals surface area contributed by atoms with Gasteiger partial charge >= 0.3 is 0 Å². The van der Waals surface area contributed by atoms with E-state index in [1.54, 1.807) is 0 Å². The molecular formula is C15H26N4. The summed E-state index contributed by atoms with van der Waals surface area (Å²) in [5.74, 6) is 2.24. The molecule has 1 aliphatic rings. The van der Waals surface area contributed by atoms with Crippen LogP contribution in [0.5, 0.6) is 0 Å². The fourth-order valence-corrected chi connectivity index (χ4v) is 2.18. The van der Waals surface area contributed by atoms with Gasteiger partial charge in [0.1, 0.15) is 11.6 Å². The van der Waals surface area contributed by atoms with E-state index < -0.39 is 0 Å². The molecule has 1 heterocycles. The lowest BCUT2D eigenvalue weighted by Crippen LogP contribution is -2.36. The molecule has 1 unspecified atom stereocenters. The predicted octanol–water partition coefficient (Wildman–Crippen LogP) is 2.80. The van der Waals surface area contributed by atoms with Crippen LogP contribution >= 0.6 is 0 Å². The number of rotatable bonds is 6. The minimum atomic E-state index is 0.368. The third kappa shape index (κ3) is 3.90. The molecule has 19 heavy (non-hydrogen) atoms. The topological polar surface area (TPSA) is 41.0 Å². The minimum Gasteiger partial charge on any atom is -0.368 e. The SMILES string of the molecule is Cc1cc(NCC(C)N(C)C2CC2)nc(C(C)C)n1. The van der Waals surface area contributed by atoms with Crippen LogP contribution < -0.4 is 5.32 Å². The highest BCUT2D eigenvalue weighted by Crippen LogP contribution is 2.26. The van der Waals surface area contributed by atoms with Gasteiger partial charge in [0, 0.05) is 36.3 Å². The van der Waals surface area contributed by atoms with Crippen molar-refractivity contribution in [2.45, 2.75) is 58.5 Å². The quantitative estimate of drug-likeness (QED) is 0.856. The van der Waals surface area contributed by atoms with E-state index in [-0.39, 0.29) is 0 Å². The molecule has 1 aromatic rings. The van der Waals surface area contributed by atoms with Crippen LogP contribution in [0.25, 0.3) is 0 Å². The third-order valence-corrected chi connectivity index (χ3v) is 3.78. The maximum Gasteiger partial charge on any atom is 0.133 e. The second-order valence-corrected chi connectivity index (χ2v) is 6.03. The van der Waals surface area contributed by atoms with Crippen LogP contribution in [0.1, 0.15) is 51.0 Å². The van der Waals surface area contributed by atoms with Gasteiger partial charge in [0.2, 0.25) is 0 Å². The Morgan fingerprint density at radius 1 is 1.32 bits per heavy atom. The Kier molecular flexibility index (Phi) is 4.40. The molecule has 2 rings (SSSR count). The van der Waals surface area contributed by atoms with E-state index >= 15 is 0 Å². The van der Waals surface area contributed by atoms with Crippen molar-refractivity contribution in [3.05, 3.63) is 17.6 Å². The molecule has 1 aliphatic carbocycles. The van der Waals surface area contributed by atoms with Crippen LogP contribution in [0, 0.1) is 6.92 Å². The Bertz CT molecular complexity index is 426. The van der Waals surface area contributed by atoms with Crippen LogP contribution in [-0.4, -0.2) is 40.5 Å². The summed E-state index contributed by atoms with van der Waals surface area (Å²) in [6.45, 7) is 9.48. The summed E-state index contributed by atoms with van der Waals surface area (Å²) in [4.78, 5) is 11.5. The van der Waals surface area contributed by atoms with Gasteiger partial charge in [0.05, 0.1) is 0 Å². The molecule has 0 aromatic carbocycles. The van der Waals surface area contributed by atoms with Crippen molar-refractivity contribution in [3.8, 4) is 0 Å². The van der Waals surface area contributed by atoms with Crippen molar-refractivity contribution in [2.24, 2.45) is 0 Å². The zero-order valence-corrected chi connectivity index (χ0v) is 12.8. The lowest BCUT2D eigenvalue weighted by Gasteiger charge is -2.25. The van der Waals surface area contributed by atoms with Gasteiger partial charge in [-0.2, -0.15) is 0 Å². The van der Waals surface area contributed by atoms with Gasteiger partial charge in [0.15, 0.2) is 0 Å². The molecule has 1 atom stereocenters. The van der Waals surface area contributed by atoms with Gasteiger partial charge in [-0.15, -0.1) is 0 Å². The van der Waals surface area contributed by atoms with Crippen molar-refractivity contribution in [1.29, 1.82) is 0 Å². The molecule has 1 N–H and O–H groups in total. The lowest BCUT2D eigenvalue weighted by atomic mass is 10.2. The number of nitrogens with zero attached hydrogens (tertiary/aromatic N) is 3. The monoisotopic (exact) mass is 262 g/mol. The van der Waals surface area contributed by atoms with Crippen LogP contribution in [0.4, 0.5) is 5.82 Å². The van der Waals surface area contributed by atoms with E-state index in [9.17, 15) is 0 Å². The molecule has 0 radical (unpaired) electrons. The molecule has 4 heteroatoms. The summed E-state index contributed by atoms with van der Waals surface area (Å²) in [7, 11) is 2.22. The smallest absolute Gasteiger partial charge is 0.133 e. The van der Waals surface area contributed by atoms with E-state index in [4.69, 9.17) is 0 Å². The van der Waals surface area contributed by atoms with Crippen LogP contribution in [0.15, 0.2) is 6.07 Å². The molecule has 0 saturated heterocycles. The summed E-state index contributed by atoms with van der Waals surface area (Å²) in [5.41, 5.74) is 1.03. The molecule has 0 aliphatic heterocycles. The summed E-state index contributed by atoms with van der Waals surface area (Å²) < 4.78 is 0. The Hall–Kier alpha value is -1.16. The van der Waals surface area contributed by atoms with E-state index in [1.165, 1.54) is 12.8 Å². The predicted molar refractivity (Wildman–Crippen MR) is 79.6 cm³/mol. The zero-order chi connectivity index (χ0) is 14.0. The average Bonchev–Trinajstić information content (AvgIpc) is 3.18. The lowest BCUT2D eigenvalue weighted by molar-refractivity contribution is 0.257. The number of anilines is 1. The fourth-order valence-electron chi connectivity index (χ4n) is 2.18.